The van der Waals surface area contributed by atoms with Crippen molar-refractivity contribution in [3.8, 4) is 0 Å². The molecule has 0 atom stereocenters. The summed E-state index contributed by atoms with van der Waals surface area (Å²) in [5, 5.41) is 3.05. The highest BCUT2D eigenvalue weighted by Gasteiger charge is 2.35. The summed E-state index contributed by atoms with van der Waals surface area (Å²) in [4.78, 5) is 13.7. The third kappa shape index (κ3) is 2.46. The average molecular weight is 252 g/mol. The number of hydrogen-bond acceptors (Lipinski definition) is 3. The molecule has 3 N–H and O–H groups in total. The molecular formula is C13H20N2OS. The lowest BCUT2D eigenvalue weighted by Crippen LogP contribution is -2.41. The second-order valence-electron chi connectivity index (χ2n) is 5.01. The van der Waals surface area contributed by atoms with Crippen LogP contribution in [0.3, 0.4) is 0 Å². The maximum absolute atomic E-state index is 12.0. The van der Waals surface area contributed by atoms with Gasteiger partial charge in [-0.3, -0.25) is 4.79 Å². The normalized spacial score (nSPS) is 17.5. The Morgan fingerprint density at radius 3 is 2.71 bits per heavy atom. The lowest BCUT2D eigenvalue weighted by Gasteiger charge is -2.41. The molecule has 0 spiro atoms. The van der Waals surface area contributed by atoms with Gasteiger partial charge in [0.05, 0.1) is 4.88 Å². The Kier molecular flexibility index (Phi) is 3.43. The van der Waals surface area contributed by atoms with Crippen molar-refractivity contribution in [2.45, 2.75) is 39.5 Å². The second kappa shape index (κ2) is 4.69. The van der Waals surface area contributed by atoms with Crippen molar-refractivity contribution in [2.75, 3.05) is 12.3 Å². The number of nitrogens with two attached hydrogens (primary N) is 1. The molecule has 94 valence electrons. The van der Waals surface area contributed by atoms with Gasteiger partial charge in [0, 0.05) is 17.1 Å². The van der Waals surface area contributed by atoms with Gasteiger partial charge in [0.15, 0.2) is 0 Å². The highest BCUT2D eigenvalue weighted by atomic mass is 32.1. The van der Waals surface area contributed by atoms with E-state index in [-0.39, 0.29) is 5.91 Å². The molecule has 1 saturated carbocycles. The van der Waals surface area contributed by atoms with Gasteiger partial charge in [0.2, 0.25) is 0 Å². The number of rotatable bonds is 4. The minimum atomic E-state index is 0.0227. The Bertz CT molecular complexity index is 396. The van der Waals surface area contributed by atoms with Crippen LogP contribution in [0.5, 0.6) is 0 Å². The summed E-state index contributed by atoms with van der Waals surface area (Å²) < 4.78 is 0. The molecule has 17 heavy (non-hydrogen) atoms. The topological polar surface area (TPSA) is 55.1 Å². The van der Waals surface area contributed by atoms with Crippen molar-refractivity contribution in [3.63, 3.8) is 0 Å². The molecule has 1 aromatic heterocycles. The number of amides is 1. The van der Waals surface area contributed by atoms with Crippen LogP contribution in [0, 0.1) is 12.3 Å². The molecule has 1 aliphatic rings. The summed E-state index contributed by atoms with van der Waals surface area (Å²) >= 11 is 1.47. The van der Waals surface area contributed by atoms with Crippen LogP contribution >= 0.6 is 11.3 Å². The zero-order valence-electron chi connectivity index (χ0n) is 10.5. The molecule has 0 aromatic carbocycles. The summed E-state index contributed by atoms with van der Waals surface area (Å²) in [6.07, 6.45) is 4.94. The van der Waals surface area contributed by atoms with Crippen molar-refractivity contribution in [1.29, 1.82) is 0 Å². The Morgan fingerprint density at radius 1 is 1.59 bits per heavy atom. The highest BCUT2D eigenvalue weighted by molar-refractivity contribution is 7.14. The van der Waals surface area contributed by atoms with Gasteiger partial charge in [-0.1, -0.05) is 13.3 Å². The van der Waals surface area contributed by atoms with E-state index < -0.39 is 0 Å². The first kappa shape index (κ1) is 12.4. The van der Waals surface area contributed by atoms with Gasteiger partial charge in [-0.25, -0.2) is 0 Å². The van der Waals surface area contributed by atoms with E-state index in [0.29, 0.717) is 11.1 Å². The molecule has 1 amide bonds. The molecule has 0 aliphatic heterocycles. The molecule has 0 saturated heterocycles. The van der Waals surface area contributed by atoms with Crippen LogP contribution in [-0.2, 0) is 0 Å². The summed E-state index contributed by atoms with van der Waals surface area (Å²) in [5.74, 6) is 0.0227. The first-order valence-corrected chi connectivity index (χ1v) is 7.02. The molecule has 0 unspecified atom stereocenters. The summed E-state index contributed by atoms with van der Waals surface area (Å²) in [6, 6.07) is 1.77. The SMILES string of the molecule is CCC1(CNC(=O)c2cc(N)c(C)s2)CCC1. The average Bonchev–Trinajstić information content (AvgIpc) is 2.58. The molecule has 4 heteroatoms. The number of aryl methyl sites for hydroxylation is 1. The first-order chi connectivity index (χ1) is 8.06. The van der Waals surface area contributed by atoms with Gasteiger partial charge in [0.1, 0.15) is 0 Å². The van der Waals surface area contributed by atoms with Crippen LogP contribution in [0.25, 0.3) is 0 Å². The fourth-order valence-corrected chi connectivity index (χ4v) is 3.15. The van der Waals surface area contributed by atoms with E-state index in [1.54, 1.807) is 6.07 Å². The van der Waals surface area contributed by atoms with E-state index in [4.69, 9.17) is 5.73 Å². The van der Waals surface area contributed by atoms with Gasteiger partial charge in [-0.05, 0) is 37.7 Å². The maximum Gasteiger partial charge on any atom is 0.261 e. The van der Waals surface area contributed by atoms with Gasteiger partial charge < -0.3 is 11.1 Å². The van der Waals surface area contributed by atoms with Crippen molar-refractivity contribution in [1.82, 2.24) is 5.32 Å². The van der Waals surface area contributed by atoms with Crippen LogP contribution in [0.2, 0.25) is 0 Å². The Hall–Kier alpha value is -1.03. The third-order valence-corrected chi connectivity index (χ3v) is 5.03. The number of anilines is 1. The van der Waals surface area contributed by atoms with E-state index in [2.05, 4.69) is 12.2 Å². The van der Waals surface area contributed by atoms with E-state index in [9.17, 15) is 4.79 Å². The van der Waals surface area contributed by atoms with E-state index in [1.807, 2.05) is 6.92 Å². The van der Waals surface area contributed by atoms with Crippen LogP contribution in [-0.4, -0.2) is 12.5 Å². The number of hydrogen-bond donors (Lipinski definition) is 2. The first-order valence-electron chi connectivity index (χ1n) is 6.20. The zero-order valence-corrected chi connectivity index (χ0v) is 11.3. The molecule has 2 rings (SSSR count). The zero-order chi connectivity index (χ0) is 12.5. The van der Waals surface area contributed by atoms with Crippen LogP contribution in [0.15, 0.2) is 6.07 Å². The van der Waals surface area contributed by atoms with Crippen molar-refractivity contribution in [2.24, 2.45) is 5.41 Å². The maximum atomic E-state index is 12.0. The standard InChI is InChI=1S/C13H20N2OS/c1-3-13(5-4-6-13)8-15-12(16)11-7-10(14)9(2)17-11/h7H,3-6,8,14H2,1-2H3,(H,15,16). The van der Waals surface area contributed by atoms with E-state index in [0.717, 1.165) is 22.7 Å². The Morgan fingerprint density at radius 2 is 2.29 bits per heavy atom. The van der Waals surface area contributed by atoms with Gasteiger partial charge >= 0.3 is 0 Å². The van der Waals surface area contributed by atoms with E-state index >= 15 is 0 Å². The second-order valence-corrected chi connectivity index (χ2v) is 6.27. The molecule has 3 nitrogen and oxygen atoms in total. The van der Waals surface area contributed by atoms with Crippen molar-refractivity contribution >= 4 is 22.9 Å². The van der Waals surface area contributed by atoms with Gasteiger partial charge in [-0.15, -0.1) is 11.3 Å². The quantitative estimate of drug-likeness (QED) is 0.865. The number of carbonyl (C=O) groups is 1. The van der Waals surface area contributed by atoms with E-state index in [1.165, 1.54) is 30.6 Å². The Balaban J connectivity index is 1.93. The number of carbonyl (C=O) groups excluding carboxylic acids is 1. The molecule has 1 heterocycles. The van der Waals surface area contributed by atoms with Crippen molar-refractivity contribution < 1.29 is 4.79 Å². The van der Waals surface area contributed by atoms with Gasteiger partial charge in [0.25, 0.3) is 5.91 Å². The minimum Gasteiger partial charge on any atom is -0.398 e. The summed E-state index contributed by atoms with van der Waals surface area (Å²) in [6.45, 7) is 4.95. The lowest BCUT2D eigenvalue weighted by atomic mass is 9.67. The van der Waals surface area contributed by atoms with Crippen LogP contribution in [0.1, 0.15) is 47.2 Å². The van der Waals surface area contributed by atoms with Crippen LogP contribution in [0.4, 0.5) is 5.69 Å². The molecule has 1 fully saturated rings. The largest absolute Gasteiger partial charge is 0.398 e. The fourth-order valence-electron chi connectivity index (χ4n) is 2.30. The fraction of sp³-hybridized carbons (Fsp3) is 0.615. The lowest BCUT2D eigenvalue weighted by molar-refractivity contribution is 0.0854. The predicted molar refractivity (Wildman–Crippen MR) is 72.4 cm³/mol. The smallest absolute Gasteiger partial charge is 0.261 e. The molecule has 1 aromatic rings. The summed E-state index contributed by atoms with van der Waals surface area (Å²) in [7, 11) is 0. The van der Waals surface area contributed by atoms with Gasteiger partial charge in [-0.2, -0.15) is 0 Å². The predicted octanol–water partition coefficient (Wildman–Crippen LogP) is 2.95. The number of nitrogen functional groups attached to an aromatic ring is 1. The third-order valence-electron chi connectivity index (χ3n) is 3.97. The molecule has 1 aliphatic carbocycles. The Labute approximate surface area is 106 Å². The summed E-state index contributed by atoms with van der Waals surface area (Å²) in [5.41, 5.74) is 6.84. The number of nitrogens with one attached hydrogen (secondary N) is 1. The monoisotopic (exact) mass is 252 g/mol. The molecule has 0 bridgehead atoms. The molecule has 0 radical (unpaired) electrons. The number of thiophene rings is 1. The minimum absolute atomic E-state index is 0.0227. The van der Waals surface area contributed by atoms with Crippen LogP contribution < -0.4 is 11.1 Å². The molecular weight excluding hydrogens is 232 g/mol. The van der Waals surface area contributed by atoms with Crippen molar-refractivity contribution in [3.05, 3.63) is 15.8 Å². The highest BCUT2D eigenvalue weighted by Crippen LogP contribution is 2.43.